The van der Waals surface area contributed by atoms with Gasteiger partial charge >= 0.3 is 0 Å². The van der Waals surface area contributed by atoms with Gasteiger partial charge in [0.1, 0.15) is 0 Å². The molecule has 0 bridgehead atoms. The van der Waals surface area contributed by atoms with Crippen LogP contribution in [0.1, 0.15) is 63.3 Å². The zero-order valence-corrected chi connectivity index (χ0v) is 11.2. The van der Waals surface area contributed by atoms with E-state index in [0.29, 0.717) is 0 Å². The molecule has 0 fully saturated rings. The molecule has 1 nitrogen and oxygen atoms in total. The molecule has 1 unspecified atom stereocenters. The molecule has 0 amide bonds. The molecule has 1 aromatic rings. The van der Waals surface area contributed by atoms with Crippen LogP contribution >= 0.6 is 0 Å². The minimum absolute atomic E-state index is 0.147. The van der Waals surface area contributed by atoms with E-state index in [0.717, 1.165) is 18.4 Å². The largest absolute Gasteiger partial charge is 0.388 e. The smallest absolute Gasteiger partial charge is 0.0792 e. The molecule has 90 valence electrons. The Labute approximate surface area is 99.5 Å². The van der Waals surface area contributed by atoms with E-state index in [1.54, 1.807) is 0 Å². The van der Waals surface area contributed by atoms with Crippen molar-refractivity contribution in [1.29, 1.82) is 0 Å². The monoisotopic (exact) mass is 220 g/mol. The first-order valence-corrected chi connectivity index (χ1v) is 6.15. The van der Waals surface area contributed by atoms with Gasteiger partial charge in [0.25, 0.3) is 0 Å². The third kappa shape index (κ3) is 3.08. The van der Waals surface area contributed by atoms with Crippen molar-refractivity contribution in [2.45, 2.75) is 59.0 Å². The van der Waals surface area contributed by atoms with Crippen molar-refractivity contribution >= 4 is 0 Å². The summed E-state index contributed by atoms with van der Waals surface area (Å²) in [6.45, 7) is 10.8. The summed E-state index contributed by atoms with van der Waals surface area (Å²) in [6, 6.07) is 6.45. The molecular weight excluding hydrogens is 196 g/mol. The van der Waals surface area contributed by atoms with Crippen molar-refractivity contribution in [1.82, 2.24) is 0 Å². The Morgan fingerprint density at radius 1 is 1.25 bits per heavy atom. The van der Waals surface area contributed by atoms with Crippen LogP contribution in [0.3, 0.4) is 0 Å². The summed E-state index contributed by atoms with van der Waals surface area (Å²) in [5.41, 5.74) is 3.72. The fraction of sp³-hybridized carbons (Fsp3) is 0.600. The number of hydrogen-bond acceptors (Lipinski definition) is 1. The highest BCUT2D eigenvalue weighted by atomic mass is 16.3. The molecule has 0 radical (unpaired) electrons. The van der Waals surface area contributed by atoms with Crippen LogP contribution < -0.4 is 0 Å². The first-order valence-electron chi connectivity index (χ1n) is 6.15. The molecule has 1 atom stereocenters. The number of aryl methyl sites for hydroxylation is 1. The van der Waals surface area contributed by atoms with Gasteiger partial charge in [0, 0.05) is 0 Å². The van der Waals surface area contributed by atoms with Gasteiger partial charge < -0.3 is 5.11 Å². The molecule has 0 heterocycles. The van der Waals surface area contributed by atoms with Crippen molar-refractivity contribution < 1.29 is 5.11 Å². The van der Waals surface area contributed by atoms with Gasteiger partial charge in [0.2, 0.25) is 0 Å². The minimum Gasteiger partial charge on any atom is -0.388 e. The van der Waals surface area contributed by atoms with E-state index in [1.807, 2.05) is 0 Å². The van der Waals surface area contributed by atoms with Crippen molar-refractivity contribution in [3.8, 4) is 0 Å². The quantitative estimate of drug-likeness (QED) is 0.812. The summed E-state index contributed by atoms with van der Waals surface area (Å²) < 4.78 is 0. The highest BCUT2D eigenvalue weighted by Gasteiger charge is 2.17. The molecule has 16 heavy (non-hydrogen) atoms. The lowest BCUT2D eigenvalue weighted by molar-refractivity contribution is 0.165. The number of benzene rings is 1. The Kier molecular flexibility index (Phi) is 4.15. The Balaban J connectivity index is 3.09. The van der Waals surface area contributed by atoms with Crippen LogP contribution in [-0.4, -0.2) is 5.11 Å². The van der Waals surface area contributed by atoms with E-state index in [1.165, 1.54) is 11.1 Å². The summed E-state index contributed by atoms with van der Waals surface area (Å²) in [5, 5.41) is 10.1. The molecule has 0 saturated carbocycles. The van der Waals surface area contributed by atoms with Crippen LogP contribution in [0.25, 0.3) is 0 Å². The SMILES string of the molecule is CCCC(O)c1cc(C(C)(C)C)ccc1C. The predicted molar refractivity (Wildman–Crippen MR) is 69.7 cm³/mol. The molecule has 0 aliphatic rings. The Morgan fingerprint density at radius 3 is 2.38 bits per heavy atom. The minimum atomic E-state index is -0.313. The molecule has 0 saturated heterocycles. The fourth-order valence-electron chi connectivity index (χ4n) is 1.89. The van der Waals surface area contributed by atoms with Crippen molar-refractivity contribution in [3.63, 3.8) is 0 Å². The molecule has 0 aliphatic carbocycles. The lowest BCUT2D eigenvalue weighted by Gasteiger charge is -2.22. The lowest BCUT2D eigenvalue weighted by Crippen LogP contribution is -2.12. The average Bonchev–Trinajstić information content (AvgIpc) is 2.16. The second kappa shape index (κ2) is 5.01. The van der Waals surface area contributed by atoms with E-state index >= 15 is 0 Å². The first kappa shape index (κ1) is 13.2. The van der Waals surface area contributed by atoms with E-state index in [9.17, 15) is 5.11 Å². The Morgan fingerprint density at radius 2 is 1.88 bits per heavy atom. The van der Waals surface area contributed by atoms with Crippen molar-refractivity contribution in [2.75, 3.05) is 0 Å². The third-order valence-corrected chi connectivity index (χ3v) is 3.07. The highest BCUT2D eigenvalue weighted by molar-refractivity contribution is 5.35. The van der Waals surface area contributed by atoms with Crippen molar-refractivity contribution in [3.05, 3.63) is 34.9 Å². The van der Waals surface area contributed by atoms with Gasteiger partial charge in [-0.1, -0.05) is 52.3 Å². The maximum atomic E-state index is 10.1. The highest BCUT2D eigenvalue weighted by Crippen LogP contribution is 2.28. The summed E-state index contributed by atoms with van der Waals surface area (Å²) in [4.78, 5) is 0. The summed E-state index contributed by atoms with van der Waals surface area (Å²) >= 11 is 0. The summed E-state index contributed by atoms with van der Waals surface area (Å²) in [6.07, 6.45) is 1.54. The van der Waals surface area contributed by atoms with Crippen LogP contribution in [0.4, 0.5) is 0 Å². The molecular formula is C15H24O. The molecule has 1 N–H and O–H groups in total. The van der Waals surface area contributed by atoms with Crippen LogP contribution in [0.15, 0.2) is 18.2 Å². The van der Waals surface area contributed by atoms with E-state index in [-0.39, 0.29) is 11.5 Å². The van der Waals surface area contributed by atoms with Crippen LogP contribution in [0.5, 0.6) is 0 Å². The zero-order valence-electron chi connectivity index (χ0n) is 11.2. The number of aliphatic hydroxyl groups is 1. The molecule has 0 spiro atoms. The van der Waals surface area contributed by atoms with Crippen LogP contribution in [0, 0.1) is 6.92 Å². The first-order chi connectivity index (χ1) is 7.36. The van der Waals surface area contributed by atoms with E-state index < -0.39 is 0 Å². The van der Waals surface area contributed by atoms with Gasteiger partial charge in [-0.3, -0.25) is 0 Å². The normalized spacial score (nSPS) is 13.9. The van der Waals surface area contributed by atoms with E-state index in [4.69, 9.17) is 0 Å². The summed E-state index contributed by atoms with van der Waals surface area (Å²) in [7, 11) is 0. The number of rotatable bonds is 3. The topological polar surface area (TPSA) is 20.2 Å². The second-order valence-corrected chi connectivity index (χ2v) is 5.63. The van der Waals surface area contributed by atoms with Gasteiger partial charge in [0.15, 0.2) is 0 Å². The van der Waals surface area contributed by atoms with Crippen molar-refractivity contribution in [2.24, 2.45) is 0 Å². The maximum absolute atomic E-state index is 10.1. The fourth-order valence-corrected chi connectivity index (χ4v) is 1.89. The predicted octanol–water partition coefficient (Wildman–Crippen LogP) is 4.13. The maximum Gasteiger partial charge on any atom is 0.0792 e. The lowest BCUT2D eigenvalue weighted by atomic mass is 9.84. The molecule has 1 heteroatoms. The number of aliphatic hydroxyl groups excluding tert-OH is 1. The summed E-state index contributed by atoms with van der Waals surface area (Å²) in [5.74, 6) is 0. The van der Waals surface area contributed by atoms with Gasteiger partial charge in [-0.15, -0.1) is 0 Å². The third-order valence-electron chi connectivity index (χ3n) is 3.07. The van der Waals surface area contributed by atoms with Gasteiger partial charge in [0.05, 0.1) is 6.10 Å². The molecule has 0 aliphatic heterocycles. The second-order valence-electron chi connectivity index (χ2n) is 5.63. The standard InChI is InChI=1S/C15H24O/c1-6-7-14(16)13-10-12(15(3,4)5)9-8-11(13)2/h8-10,14,16H,6-7H2,1-5H3. The van der Waals surface area contributed by atoms with Crippen LogP contribution in [-0.2, 0) is 5.41 Å². The van der Waals surface area contributed by atoms with Gasteiger partial charge in [-0.25, -0.2) is 0 Å². The van der Waals surface area contributed by atoms with Crippen LogP contribution in [0.2, 0.25) is 0 Å². The Bertz CT molecular complexity index is 347. The van der Waals surface area contributed by atoms with Gasteiger partial charge in [-0.2, -0.15) is 0 Å². The number of hydrogen-bond donors (Lipinski definition) is 1. The zero-order chi connectivity index (χ0) is 12.3. The average molecular weight is 220 g/mol. The molecule has 1 rings (SSSR count). The molecule has 1 aromatic carbocycles. The molecule has 0 aromatic heterocycles. The van der Waals surface area contributed by atoms with E-state index in [2.05, 4.69) is 52.8 Å². The van der Waals surface area contributed by atoms with Gasteiger partial charge in [-0.05, 0) is 35.4 Å². The Hall–Kier alpha value is -0.820.